The molecule has 0 aliphatic rings. The van der Waals surface area contributed by atoms with Gasteiger partial charge in [-0.3, -0.25) is 4.98 Å². The second kappa shape index (κ2) is 5.08. The first-order chi connectivity index (χ1) is 8.63. The molecule has 0 unspecified atom stereocenters. The van der Waals surface area contributed by atoms with Crippen LogP contribution in [0, 0.1) is 19.7 Å². The number of nitrogens with zero attached hydrogens (tertiary/aromatic N) is 3. The largest absolute Gasteiger partial charge is 0.368 e. The maximum atomic E-state index is 13.8. The number of hydrogen-bond donors (Lipinski definition) is 1. The van der Waals surface area contributed by atoms with E-state index in [-0.39, 0.29) is 5.82 Å². The van der Waals surface area contributed by atoms with E-state index in [1.807, 2.05) is 19.9 Å². The highest BCUT2D eigenvalue weighted by molar-refractivity contribution is 5.61. The summed E-state index contributed by atoms with van der Waals surface area (Å²) in [5, 5.41) is 2.90. The quantitative estimate of drug-likeness (QED) is 0.904. The van der Waals surface area contributed by atoms with Crippen LogP contribution in [0.2, 0.25) is 0 Å². The van der Waals surface area contributed by atoms with E-state index in [9.17, 15) is 4.39 Å². The number of hydrogen-bond acceptors (Lipinski definition) is 4. The Hall–Kier alpha value is -2.04. The zero-order valence-electron chi connectivity index (χ0n) is 10.7. The molecule has 2 aromatic rings. The molecule has 1 N–H and O–H groups in total. The Bertz CT molecular complexity index is 569. The molecule has 0 saturated heterocycles. The van der Waals surface area contributed by atoms with Gasteiger partial charge in [0.2, 0.25) is 0 Å². The van der Waals surface area contributed by atoms with Gasteiger partial charge in [0.1, 0.15) is 0 Å². The van der Waals surface area contributed by atoms with Crippen LogP contribution in [0.3, 0.4) is 0 Å². The van der Waals surface area contributed by atoms with Gasteiger partial charge in [-0.2, -0.15) is 0 Å². The number of nitrogens with one attached hydrogen (secondary N) is 1. The van der Waals surface area contributed by atoms with Crippen LogP contribution in [0.4, 0.5) is 10.2 Å². The van der Waals surface area contributed by atoms with Gasteiger partial charge in [0.15, 0.2) is 17.5 Å². The topological polar surface area (TPSA) is 50.7 Å². The molecule has 2 heterocycles. The van der Waals surface area contributed by atoms with E-state index in [2.05, 4.69) is 20.3 Å². The van der Waals surface area contributed by atoms with Gasteiger partial charge in [-0.05, 0) is 32.4 Å². The number of rotatable bonds is 3. The normalized spacial score (nSPS) is 10.4. The smallest absolute Gasteiger partial charge is 0.186 e. The van der Waals surface area contributed by atoms with Gasteiger partial charge in [-0.1, -0.05) is 0 Å². The minimum absolute atomic E-state index is 0.246. The summed E-state index contributed by atoms with van der Waals surface area (Å²) in [4.78, 5) is 12.4. The molecule has 18 heavy (non-hydrogen) atoms. The van der Waals surface area contributed by atoms with Crippen molar-refractivity contribution in [1.29, 1.82) is 0 Å². The molecule has 0 aliphatic carbocycles. The summed E-state index contributed by atoms with van der Waals surface area (Å²) in [6.07, 6.45) is 3.42. The van der Waals surface area contributed by atoms with Crippen molar-refractivity contribution in [3.05, 3.63) is 35.5 Å². The van der Waals surface area contributed by atoms with Gasteiger partial charge in [-0.25, -0.2) is 14.4 Å². The number of pyridine rings is 1. The summed E-state index contributed by atoms with van der Waals surface area (Å²) in [5.74, 6) is 0.369. The third-order valence-corrected chi connectivity index (χ3v) is 2.62. The fourth-order valence-corrected chi connectivity index (χ4v) is 1.69. The monoisotopic (exact) mass is 246 g/mol. The first-order valence-electron chi connectivity index (χ1n) is 5.82. The fraction of sp³-hybridized carbons (Fsp3) is 0.308. The standard InChI is InChI=1S/C13H15FN4/c1-4-16-13-11(14)9(3)17-12(18-13)10-5-6-15-7-8(10)2/h5-7H,4H2,1-3H3,(H,16,17,18). The maximum Gasteiger partial charge on any atom is 0.186 e. The lowest BCUT2D eigenvalue weighted by Gasteiger charge is -2.10. The van der Waals surface area contributed by atoms with Crippen LogP contribution in [0.5, 0.6) is 0 Å². The van der Waals surface area contributed by atoms with Gasteiger partial charge in [-0.15, -0.1) is 0 Å². The van der Waals surface area contributed by atoms with Crippen LogP contribution < -0.4 is 5.32 Å². The molecule has 0 saturated carbocycles. The molecule has 0 amide bonds. The molecule has 0 fully saturated rings. The van der Waals surface area contributed by atoms with E-state index in [1.165, 1.54) is 0 Å². The summed E-state index contributed by atoms with van der Waals surface area (Å²) in [7, 11) is 0. The van der Waals surface area contributed by atoms with Crippen molar-refractivity contribution in [3.8, 4) is 11.4 Å². The summed E-state index contributed by atoms with van der Waals surface area (Å²) < 4.78 is 13.8. The Kier molecular flexibility index (Phi) is 3.50. The Morgan fingerprint density at radius 2 is 2.06 bits per heavy atom. The molecular formula is C13H15FN4. The number of aryl methyl sites for hydroxylation is 2. The van der Waals surface area contributed by atoms with Crippen LogP contribution in [0.25, 0.3) is 11.4 Å². The molecule has 0 spiro atoms. The molecule has 4 nitrogen and oxygen atoms in total. The highest BCUT2D eigenvalue weighted by atomic mass is 19.1. The lowest BCUT2D eigenvalue weighted by molar-refractivity contribution is 0.606. The van der Waals surface area contributed by atoms with E-state index in [1.54, 1.807) is 19.3 Å². The van der Waals surface area contributed by atoms with Crippen LogP contribution in [-0.2, 0) is 0 Å². The van der Waals surface area contributed by atoms with Crippen molar-refractivity contribution in [1.82, 2.24) is 15.0 Å². The molecule has 0 aromatic carbocycles. The molecule has 5 heteroatoms. The Labute approximate surface area is 105 Å². The average Bonchev–Trinajstić information content (AvgIpc) is 2.35. The molecule has 94 valence electrons. The van der Waals surface area contributed by atoms with Gasteiger partial charge < -0.3 is 5.32 Å². The molecule has 0 radical (unpaired) electrons. The van der Waals surface area contributed by atoms with Gasteiger partial charge in [0.05, 0.1) is 5.69 Å². The highest BCUT2D eigenvalue weighted by Gasteiger charge is 2.13. The molecule has 0 bridgehead atoms. The van der Waals surface area contributed by atoms with Crippen LogP contribution in [0.15, 0.2) is 18.5 Å². The minimum Gasteiger partial charge on any atom is -0.368 e. The summed E-state index contributed by atoms with van der Waals surface area (Å²) in [6, 6.07) is 1.83. The van der Waals surface area contributed by atoms with E-state index in [0.29, 0.717) is 18.1 Å². The Morgan fingerprint density at radius 3 is 2.72 bits per heavy atom. The number of halogens is 1. The maximum absolute atomic E-state index is 13.8. The van der Waals surface area contributed by atoms with Crippen molar-refractivity contribution in [3.63, 3.8) is 0 Å². The second-order valence-corrected chi connectivity index (χ2v) is 4.02. The summed E-state index contributed by atoms with van der Waals surface area (Å²) in [5.41, 5.74) is 2.17. The summed E-state index contributed by atoms with van der Waals surface area (Å²) in [6.45, 7) is 6.07. The molecule has 2 rings (SSSR count). The van der Waals surface area contributed by atoms with E-state index >= 15 is 0 Å². The third-order valence-electron chi connectivity index (χ3n) is 2.62. The highest BCUT2D eigenvalue weighted by Crippen LogP contribution is 2.22. The number of aromatic nitrogens is 3. The van der Waals surface area contributed by atoms with E-state index < -0.39 is 5.82 Å². The molecule has 0 aliphatic heterocycles. The first kappa shape index (κ1) is 12.4. The lowest BCUT2D eigenvalue weighted by Crippen LogP contribution is -2.07. The van der Waals surface area contributed by atoms with Crippen molar-refractivity contribution < 1.29 is 4.39 Å². The van der Waals surface area contributed by atoms with E-state index in [0.717, 1.165) is 11.1 Å². The SMILES string of the molecule is CCNc1nc(-c2ccncc2C)nc(C)c1F. The molecular weight excluding hydrogens is 231 g/mol. The Balaban J connectivity index is 2.56. The van der Waals surface area contributed by atoms with Gasteiger partial charge >= 0.3 is 0 Å². The third kappa shape index (κ3) is 2.30. The van der Waals surface area contributed by atoms with Crippen molar-refractivity contribution in [2.45, 2.75) is 20.8 Å². The summed E-state index contributed by atoms with van der Waals surface area (Å²) >= 11 is 0. The van der Waals surface area contributed by atoms with Gasteiger partial charge in [0.25, 0.3) is 0 Å². The molecule has 2 aromatic heterocycles. The van der Waals surface area contributed by atoms with Crippen LogP contribution in [-0.4, -0.2) is 21.5 Å². The van der Waals surface area contributed by atoms with Crippen LogP contribution in [0.1, 0.15) is 18.2 Å². The number of anilines is 1. The predicted octanol–water partition coefficient (Wildman–Crippen LogP) is 2.73. The first-order valence-corrected chi connectivity index (χ1v) is 5.82. The minimum atomic E-state index is -0.396. The van der Waals surface area contributed by atoms with Gasteiger partial charge in [0, 0.05) is 24.5 Å². The van der Waals surface area contributed by atoms with Crippen LogP contribution >= 0.6 is 0 Å². The van der Waals surface area contributed by atoms with Crippen molar-refractivity contribution in [2.24, 2.45) is 0 Å². The second-order valence-electron chi connectivity index (χ2n) is 4.02. The average molecular weight is 246 g/mol. The zero-order chi connectivity index (χ0) is 13.1. The predicted molar refractivity (Wildman–Crippen MR) is 68.9 cm³/mol. The van der Waals surface area contributed by atoms with Crippen molar-refractivity contribution in [2.75, 3.05) is 11.9 Å². The molecule has 0 atom stereocenters. The zero-order valence-corrected chi connectivity index (χ0v) is 10.7. The van der Waals surface area contributed by atoms with Crippen molar-refractivity contribution >= 4 is 5.82 Å². The Morgan fingerprint density at radius 1 is 1.28 bits per heavy atom. The lowest BCUT2D eigenvalue weighted by atomic mass is 10.1. The van der Waals surface area contributed by atoms with E-state index in [4.69, 9.17) is 0 Å². The fourth-order valence-electron chi connectivity index (χ4n) is 1.69.